The lowest BCUT2D eigenvalue weighted by molar-refractivity contribution is 0.0994. The number of nitrogens with two attached hydrogens (primary N) is 1. The van der Waals surface area contributed by atoms with Gasteiger partial charge in [0.25, 0.3) is 11.8 Å². The normalized spacial score (nSPS) is 11.4. The van der Waals surface area contributed by atoms with E-state index in [4.69, 9.17) is 22.1 Å². The number of amides is 2. The van der Waals surface area contributed by atoms with Crippen molar-refractivity contribution in [3.63, 3.8) is 0 Å². The molecule has 0 radical (unpaired) electrons. The summed E-state index contributed by atoms with van der Waals surface area (Å²) >= 11 is 6.92. The van der Waals surface area contributed by atoms with Crippen LogP contribution >= 0.6 is 23.1 Å². The first kappa shape index (κ1) is 17.8. The van der Waals surface area contributed by atoms with Crippen LogP contribution in [0, 0.1) is 0 Å². The fourth-order valence-electron chi connectivity index (χ4n) is 2.11. The molecule has 2 amide bonds. The zero-order valence-electron chi connectivity index (χ0n) is 13.5. The molecule has 7 nitrogen and oxygen atoms in total. The maximum atomic E-state index is 12.3. The number of nitrogens with zero attached hydrogens (tertiary/aromatic N) is 3. The summed E-state index contributed by atoms with van der Waals surface area (Å²) in [6.45, 7) is 0. The van der Waals surface area contributed by atoms with Crippen LogP contribution in [0.1, 0.15) is 20.8 Å². The van der Waals surface area contributed by atoms with Crippen LogP contribution in [-0.2, 0) is 0 Å². The van der Waals surface area contributed by atoms with Crippen molar-refractivity contribution in [2.24, 2.45) is 10.7 Å². The number of primary amides is 1. The third-order valence-electron chi connectivity index (χ3n) is 3.37. The third-order valence-corrected chi connectivity index (χ3v) is 4.53. The molecular weight excluding hydrogens is 376 g/mol. The molecule has 0 saturated heterocycles. The minimum Gasteiger partial charge on any atom is -0.497 e. The fourth-order valence-corrected chi connectivity index (χ4v) is 3.16. The highest BCUT2D eigenvalue weighted by Crippen LogP contribution is 2.15. The largest absolute Gasteiger partial charge is 0.497 e. The first-order chi connectivity index (χ1) is 12.5. The average molecular weight is 389 g/mol. The molecule has 0 unspecified atom stereocenters. The zero-order chi connectivity index (χ0) is 18.7. The number of benzene rings is 2. The molecule has 3 rings (SSSR count). The number of hydrogen-bond donors (Lipinski definition) is 1. The first-order valence-corrected chi connectivity index (χ1v) is 8.52. The van der Waals surface area contributed by atoms with Gasteiger partial charge in [-0.25, -0.2) is 0 Å². The van der Waals surface area contributed by atoms with Crippen LogP contribution in [0.3, 0.4) is 0 Å². The maximum absolute atomic E-state index is 12.3. The van der Waals surface area contributed by atoms with Crippen LogP contribution in [0.2, 0.25) is 5.02 Å². The molecule has 0 aliphatic rings. The molecule has 9 heteroatoms. The van der Waals surface area contributed by atoms with Gasteiger partial charge in [-0.15, -0.1) is 5.10 Å². The number of carbonyl (C=O) groups excluding carboxylic acids is 2. The predicted octanol–water partition coefficient (Wildman–Crippen LogP) is 2.44. The molecule has 0 bridgehead atoms. The third kappa shape index (κ3) is 3.81. The van der Waals surface area contributed by atoms with Gasteiger partial charge in [0.05, 0.1) is 12.8 Å². The Balaban J connectivity index is 2.04. The number of ether oxygens (including phenoxy) is 1. The standard InChI is InChI=1S/C17H13ClN4O3S/c1-25-13-7-5-12(6-8-13)22-21-14(15(19)23)17(26-22)20-16(24)10-3-2-4-11(18)9-10/h2-9H,1H3,(H2,19,23). The summed E-state index contributed by atoms with van der Waals surface area (Å²) in [6, 6.07) is 13.4. The Morgan fingerprint density at radius 1 is 1.23 bits per heavy atom. The highest BCUT2D eigenvalue weighted by molar-refractivity contribution is 7.04. The minimum absolute atomic E-state index is 0.0822. The summed E-state index contributed by atoms with van der Waals surface area (Å²) in [5.41, 5.74) is 6.27. The Bertz CT molecular complexity index is 1040. The molecule has 0 saturated carbocycles. The second kappa shape index (κ2) is 7.51. The van der Waals surface area contributed by atoms with E-state index in [0.717, 1.165) is 11.5 Å². The Hall–Kier alpha value is -2.97. The smallest absolute Gasteiger partial charge is 0.278 e. The number of methoxy groups -OCH3 is 1. The Morgan fingerprint density at radius 3 is 2.58 bits per heavy atom. The monoisotopic (exact) mass is 388 g/mol. The van der Waals surface area contributed by atoms with E-state index >= 15 is 0 Å². The lowest BCUT2D eigenvalue weighted by Crippen LogP contribution is -2.20. The molecule has 2 aromatic carbocycles. The number of rotatable bonds is 4. The summed E-state index contributed by atoms with van der Waals surface area (Å²) in [5, 5.41) is 4.56. The summed E-state index contributed by atoms with van der Waals surface area (Å²) in [6.07, 6.45) is 0. The van der Waals surface area contributed by atoms with Crippen LogP contribution in [0.25, 0.3) is 5.69 Å². The van der Waals surface area contributed by atoms with Crippen molar-refractivity contribution in [3.8, 4) is 11.4 Å². The van der Waals surface area contributed by atoms with Gasteiger partial charge < -0.3 is 10.5 Å². The fraction of sp³-hybridized carbons (Fsp3) is 0.0588. The highest BCUT2D eigenvalue weighted by atomic mass is 35.5. The molecule has 2 N–H and O–H groups in total. The molecule has 0 aliphatic carbocycles. The molecule has 26 heavy (non-hydrogen) atoms. The van der Waals surface area contributed by atoms with Gasteiger partial charge in [-0.1, -0.05) is 17.7 Å². The number of carbonyl (C=O) groups is 2. The molecule has 132 valence electrons. The van der Waals surface area contributed by atoms with Gasteiger partial charge in [0.1, 0.15) is 5.75 Å². The first-order valence-electron chi connectivity index (χ1n) is 7.37. The van der Waals surface area contributed by atoms with E-state index in [9.17, 15) is 9.59 Å². The Morgan fingerprint density at radius 2 is 1.96 bits per heavy atom. The number of hydrogen-bond acceptors (Lipinski definition) is 5. The van der Waals surface area contributed by atoms with Crippen molar-refractivity contribution < 1.29 is 14.3 Å². The highest BCUT2D eigenvalue weighted by Gasteiger charge is 2.14. The van der Waals surface area contributed by atoms with Gasteiger partial charge in [0.2, 0.25) is 0 Å². The van der Waals surface area contributed by atoms with E-state index in [0.29, 0.717) is 22.0 Å². The van der Waals surface area contributed by atoms with Crippen LogP contribution in [-0.4, -0.2) is 28.1 Å². The molecule has 0 fully saturated rings. The van der Waals surface area contributed by atoms with E-state index < -0.39 is 11.8 Å². The van der Waals surface area contributed by atoms with E-state index in [2.05, 4.69) is 10.1 Å². The van der Waals surface area contributed by atoms with Gasteiger partial charge in [-0.3, -0.25) is 9.59 Å². The van der Waals surface area contributed by atoms with Crippen LogP contribution in [0.5, 0.6) is 5.75 Å². The van der Waals surface area contributed by atoms with Crippen LogP contribution in [0.4, 0.5) is 0 Å². The summed E-state index contributed by atoms with van der Waals surface area (Å²) < 4.78 is 6.69. The van der Waals surface area contributed by atoms with Crippen molar-refractivity contribution >= 4 is 34.9 Å². The van der Waals surface area contributed by atoms with Gasteiger partial charge in [0, 0.05) is 10.6 Å². The van der Waals surface area contributed by atoms with Gasteiger partial charge in [-0.05, 0) is 54.0 Å². The summed E-state index contributed by atoms with van der Waals surface area (Å²) in [5.74, 6) is -0.631. The molecule has 0 spiro atoms. The number of halogens is 1. The van der Waals surface area contributed by atoms with Crippen molar-refractivity contribution in [2.45, 2.75) is 0 Å². The van der Waals surface area contributed by atoms with Crippen LogP contribution < -0.4 is 15.1 Å². The second-order valence-electron chi connectivity index (χ2n) is 5.11. The summed E-state index contributed by atoms with van der Waals surface area (Å²) in [7, 11) is 1.56. The van der Waals surface area contributed by atoms with Crippen molar-refractivity contribution in [3.05, 3.63) is 69.5 Å². The molecule has 0 aliphatic heterocycles. The quantitative estimate of drug-likeness (QED) is 0.741. The van der Waals surface area contributed by atoms with E-state index in [1.807, 2.05) is 0 Å². The molecule has 3 aromatic rings. The van der Waals surface area contributed by atoms with Crippen molar-refractivity contribution in [1.82, 2.24) is 9.17 Å². The topological polar surface area (TPSA) is 99.6 Å². The maximum Gasteiger partial charge on any atom is 0.278 e. The van der Waals surface area contributed by atoms with Crippen molar-refractivity contribution in [2.75, 3.05) is 7.11 Å². The van der Waals surface area contributed by atoms with Crippen molar-refractivity contribution in [1.29, 1.82) is 0 Å². The summed E-state index contributed by atoms with van der Waals surface area (Å²) in [4.78, 5) is 28.0. The lowest BCUT2D eigenvalue weighted by atomic mass is 10.2. The second-order valence-corrected chi connectivity index (χ2v) is 6.46. The SMILES string of the molecule is COc1ccc(-n2nc(C(N)=O)c(=NC(=O)c3cccc(Cl)c3)s2)cc1. The molecule has 0 atom stereocenters. The molecular formula is C17H13ClN4O3S. The van der Waals surface area contributed by atoms with Crippen LogP contribution in [0.15, 0.2) is 53.5 Å². The zero-order valence-corrected chi connectivity index (χ0v) is 15.1. The van der Waals surface area contributed by atoms with E-state index in [1.54, 1.807) is 49.6 Å². The van der Waals surface area contributed by atoms with Gasteiger partial charge in [0.15, 0.2) is 10.4 Å². The minimum atomic E-state index is -0.772. The predicted molar refractivity (Wildman–Crippen MR) is 97.9 cm³/mol. The molecule has 1 aromatic heterocycles. The van der Waals surface area contributed by atoms with Gasteiger partial charge >= 0.3 is 0 Å². The molecule has 1 heterocycles. The lowest BCUT2D eigenvalue weighted by Gasteiger charge is -2.01. The van der Waals surface area contributed by atoms with E-state index in [-0.39, 0.29) is 10.4 Å². The number of aromatic nitrogens is 2. The van der Waals surface area contributed by atoms with E-state index in [1.165, 1.54) is 10.1 Å². The Kier molecular flexibility index (Phi) is 5.15. The average Bonchev–Trinajstić information content (AvgIpc) is 3.06. The Labute approximate surface area is 157 Å². The van der Waals surface area contributed by atoms with Gasteiger partial charge in [-0.2, -0.15) is 9.06 Å².